The first-order valence-electron chi connectivity index (χ1n) is 5.81. The minimum absolute atomic E-state index is 0.0525. The number of methoxy groups -OCH3 is 1. The molecule has 0 saturated heterocycles. The molecule has 0 radical (unpaired) electrons. The number of carboxylic acid groups (broad SMARTS) is 1. The number of carboxylic acids is 1. The lowest BCUT2D eigenvalue weighted by atomic mass is 10.2. The summed E-state index contributed by atoms with van der Waals surface area (Å²) in [4.78, 5) is 28.1. The molecule has 0 aliphatic rings. The molecule has 2 N–H and O–H groups in total. The van der Waals surface area contributed by atoms with Crippen LogP contribution in [0, 0.1) is 0 Å². The van der Waals surface area contributed by atoms with Crippen molar-refractivity contribution in [1.82, 2.24) is 10.3 Å². The van der Waals surface area contributed by atoms with E-state index in [9.17, 15) is 9.59 Å². The van der Waals surface area contributed by atoms with Gasteiger partial charge in [0.1, 0.15) is 5.82 Å². The van der Waals surface area contributed by atoms with E-state index in [4.69, 9.17) is 21.4 Å². The number of pyridine rings is 1. The van der Waals surface area contributed by atoms with Gasteiger partial charge in [0.05, 0.1) is 23.7 Å². The van der Waals surface area contributed by atoms with Crippen LogP contribution in [0.25, 0.3) is 0 Å². The summed E-state index contributed by atoms with van der Waals surface area (Å²) in [5.41, 5.74) is -0.0525. The van der Waals surface area contributed by atoms with Crippen LogP contribution < -0.4 is 10.2 Å². The SMILES string of the molecule is COCCNC(=O)CN(C)c1cc(C(=O)O)c(Cl)cn1. The van der Waals surface area contributed by atoms with E-state index in [2.05, 4.69) is 10.3 Å². The van der Waals surface area contributed by atoms with Crippen molar-refractivity contribution >= 4 is 29.3 Å². The first-order chi connectivity index (χ1) is 9.45. The number of amides is 1. The first-order valence-corrected chi connectivity index (χ1v) is 6.19. The van der Waals surface area contributed by atoms with Crippen molar-refractivity contribution < 1.29 is 19.4 Å². The smallest absolute Gasteiger partial charge is 0.337 e. The number of carbonyl (C=O) groups is 2. The van der Waals surface area contributed by atoms with Crippen LogP contribution in [0.1, 0.15) is 10.4 Å². The Morgan fingerprint density at radius 1 is 1.55 bits per heavy atom. The van der Waals surface area contributed by atoms with E-state index >= 15 is 0 Å². The molecule has 0 saturated carbocycles. The van der Waals surface area contributed by atoms with Crippen molar-refractivity contribution in [3.63, 3.8) is 0 Å². The van der Waals surface area contributed by atoms with E-state index in [1.807, 2.05) is 0 Å². The molecule has 0 bridgehead atoms. The zero-order chi connectivity index (χ0) is 15.1. The van der Waals surface area contributed by atoms with Crippen molar-refractivity contribution in [3.05, 3.63) is 22.8 Å². The van der Waals surface area contributed by atoms with Gasteiger partial charge in [0, 0.05) is 26.9 Å². The predicted octanol–water partition coefficient (Wildman–Crippen LogP) is 0.632. The van der Waals surface area contributed by atoms with Gasteiger partial charge in [-0.05, 0) is 6.07 Å². The topological polar surface area (TPSA) is 91.8 Å². The fraction of sp³-hybridized carbons (Fsp3) is 0.417. The highest BCUT2D eigenvalue weighted by Crippen LogP contribution is 2.19. The summed E-state index contributed by atoms with van der Waals surface area (Å²) in [5.74, 6) is -0.997. The van der Waals surface area contributed by atoms with E-state index < -0.39 is 5.97 Å². The van der Waals surface area contributed by atoms with E-state index in [1.165, 1.54) is 17.2 Å². The number of aromatic nitrogens is 1. The molecule has 1 amide bonds. The molecule has 7 nitrogen and oxygen atoms in total. The van der Waals surface area contributed by atoms with Gasteiger partial charge in [-0.3, -0.25) is 4.79 Å². The molecule has 0 spiro atoms. The molecule has 1 aromatic rings. The fourth-order valence-electron chi connectivity index (χ4n) is 1.45. The summed E-state index contributed by atoms with van der Waals surface area (Å²) < 4.78 is 4.82. The lowest BCUT2D eigenvalue weighted by Crippen LogP contribution is -2.37. The minimum Gasteiger partial charge on any atom is -0.478 e. The lowest BCUT2D eigenvalue weighted by molar-refractivity contribution is -0.119. The molecule has 0 aromatic carbocycles. The Bertz CT molecular complexity index is 496. The Balaban J connectivity index is 2.68. The van der Waals surface area contributed by atoms with Crippen molar-refractivity contribution in [3.8, 4) is 0 Å². The summed E-state index contributed by atoms with van der Waals surface area (Å²) in [6.45, 7) is 0.896. The van der Waals surface area contributed by atoms with Gasteiger partial charge in [-0.1, -0.05) is 11.6 Å². The number of nitrogens with one attached hydrogen (secondary N) is 1. The normalized spacial score (nSPS) is 10.2. The molecule has 8 heteroatoms. The maximum absolute atomic E-state index is 11.6. The van der Waals surface area contributed by atoms with Crippen LogP contribution in [-0.4, -0.2) is 55.8 Å². The van der Waals surface area contributed by atoms with Gasteiger partial charge in [-0.15, -0.1) is 0 Å². The van der Waals surface area contributed by atoms with E-state index in [-0.39, 0.29) is 23.0 Å². The van der Waals surface area contributed by atoms with E-state index in [0.29, 0.717) is 19.0 Å². The number of hydrogen-bond donors (Lipinski definition) is 2. The Morgan fingerprint density at radius 2 is 2.25 bits per heavy atom. The van der Waals surface area contributed by atoms with Crippen LogP contribution in [0.2, 0.25) is 5.02 Å². The number of ether oxygens (including phenoxy) is 1. The fourth-order valence-corrected chi connectivity index (χ4v) is 1.63. The number of hydrogen-bond acceptors (Lipinski definition) is 5. The summed E-state index contributed by atoms with van der Waals surface area (Å²) in [6, 6.07) is 1.33. The molecule has 20 heavy (non-hydrogen) atoms. The third-order valence-electron chi connectivity index (χ3n) is 2.47. The third-order valence-corrected chi connectivity index (χ3v) is 2.77. The van der Waals surface area contributed by atoms with Crippen LogP contribution >= 0.6 is 11.6 Å². The largest absolute Gasteiger partial charge is 0.478 e. The molecule has 0 aliphatic heterocycles. The molecule has 110 valence electrons. The number of rotatable bonds is 7. The van der Waals surface area contributed by atoms with Gasteiger partial charge in [0.25, 0.3) is 0 Å². The molecule has 0 atom stereocenters. The van der Waals surface area contributed by atoms with Gasteiger partial charge in [-0.25, -0.2) is 9.78 Å². The van der Waals surface area contributed by atoms with Crippen molar-refractivity contribution in [2.75, 3.05) is 38.8 Å². The zero-order valence-electron chi connectivity index (χ0n) is 11.2. The van der Waals surface area contributed by atoms with Crippen LogP contribution in [0.3, 0.4) is 0 Å². The molecule has 1 aromatic heterocycles. The standard InChI is InChI=1S/C12H16ClN3O4/c1-16(7-11(17)14-3-4-20-2)10-5-8(12(18)19)9(13)6-15-10/h5-6H,3-4,7H2,1-2H3,(H,14,17)(H,18,19). The number of carbonyl (C=O) groups excluding carboxylic acids is 1. The maximum atomic E-state index is 11.6. The lowest BCUT2D eigenvalue weighted by Gasteiger charge is -2.18. The molecular formula is C12H16ClN3O4. The molecule has 1 rings (SSSR count). The number of nitrogens with zero attached hydrogens (tertiary/aromatic N) is 2. The molecule has 1 heterocycles. The number of anilines is 1. The highest BCUT2D eigenvalue weighted by atomic mass is 35.5. The van der Waals surface area contributed by atoms with Crippen molar-refractivity contribution in [2.45, 2.75) is 0 Å². The van der Waals surface area contributed by atoms with Crippen LogP contribution in [0.15, 0.2) is 12.3 Å². The second-order valence-corrected chi connectivity index (χ2v) is 4.43. The highest BCUT2D eigenvalue weighted by molar-refractivity contribution is 6.33. The summed E-state index contributed by atoms with van der Waals surface area (Å²) >= 11 is 5.73. The molecule has 0 aliphatic carbocycles. The number of likely N-dealkylation sites (N-methyl/N-ethyl adjacent to an activating group) is 1. The number of aromatic carboxylic acids is 1. The van der Waals surface area contributed by atoms with Crippen molar-refractivity contribution in [2.24, 2.45) is 0 Å². The predicted molar refractivity (Wildman–Crippen MR) is 74.4 cm³/mol. The van der Waals surface area contributed by atoms with E-state index in [0.717, 1.165) is 0 Å². The Hall–Kier alpha value is -1.86. The monoisotopic (exact) mass is 301 g/mol. The summed E-state index contributed by atoms with van der Waals surface area (Å²) in [6.07, 6.45) is 1.25. The second-order valence-electron chi connectivity index (χ2n) is 4.03. The zero-order valence-corrected chi connectivity index (χ0v) is 12.0. The average Bonchev–Trinajstić information content (AvgIpc) is 2.39. The van der Waals surface area contributed by atoms with Gasteiger partial charge >= 0.3 is 5.97 Å². The van der Waals surface area contributed by atoms with Crippen LogP contribution in [-0.2, 0) is 9.53 Å². The van der Waals surface area contributed by atoms with Gasteiger partial charge in [0.15, 0.2) is 0 Å². The minimum atomic E-state index is -1.14. The Morgan fingerprint density at radius 3 is 2.85 bits per heavy atom. The van der Waals surface area contributed by atoms with E-state index in [1.54, 1.807) is 14.2 Å². The maximum Gasteiger partial charge on any atom is 0.337 e. The van der Waals surface area contributed by atoms with Gasteiger partial charge in [-0.2, -0.15) is 0 Å². The van der Waals surface area contributed by atoms with Crippen molar-refractivity contribution in [1.29, 1.82) is 0 Å². The summed E-state index contributed by atoms with van der Waals surface area (Å²) in [7, 11) is 3.18. The second kappa shape index (κ2) is 7.66. The number of halogens is 1. The van der Waals surface area contributed by atoms with Gasteiger partial charge < -0.3 is 20.1 Å². The Kier molecular flexibility index (Phi) is 6.20. The third kappa shape index (κ3) is 4.67. The molecule has 0 fully saturated rings. The quantitative estimate of drug-likeness (QED) is 0.718. The average molecular weight is 302 g/mol. The highest BCUT2D eigenvalue weighted by Gasteiger charge is 2.14. The summed E-state index contributed by atoms with van der Waals surface area (Å²) in [5, 5.41) is 11.7. The Labute approximate surface area is 121 Å². The van der Waals surface area contributed by atoms with Gasteiger partial charge in [0.2, 0.25) is 5.91 Å². The molecular weight excluding hydrogens is 286 g/mol. The molecule has 0 unspecified atom stereocenters. The van der Waals surface area contributed by atoms with Crippen LogP contribution in [0.5, 0.6) is 0 Å². The first kappa shape index (κ1) is 16.2. The van der Waals surface area contributed by atoms with Crippen LogP contribution in [0.4, 0.5) is 5.82 Å².